The Balaban J connectivity index is 1.53. The predicted molar refractivity (Wildman–Crippen MR) is 65.8 cm³/mol. The van der Waals surface area contributed by atoms with Crippen molar-refractivity contribution in [1.82, 2.24) is 15.2 Å². The summed E-state index contributed by atoms with van der Waals surface area (Å²) in [6, 6.07) is 3.13. The zero-order valence-electron chi connectivity index (χ0n) is 10.7. The minimum atomic E-state index is -0.247. The fourth-order valence-corrected chi connectivity index (χ4v) is 1.94. The number of hydrogen-bond donors (Lipinski definition) is 1. The third kappa shape index (κ3) is 2.27. The molecule has 8 nitrogen and oxygen atoms in total. The van der Waals surface area contributed by atoms with Crippen molar-refractivity contribution in [2.75, 3.05) is 18.4 Å². The lowest BCUT2D eigenvalue weighted by atomic mass is 9.98. The average molecular weight is 276 g/mol. The number of anilines is 1. The van der Waals surface area contributed by atoms with Gasteiger partial charge in [-0.2, -0.15) is 0 Å². The molecular weight excluding hydrogens is 264 g/mol. The number of aryl methyl sites for hydroxylation is 1. The van der Waals surface area contributed by atoms with Crippen LogP contribution in [0.1, 0.15) is 16.2 Å². The van der Waals surface area contributed by atoms with Crippen molar-refractivity contribution >= 4 is 17.6 Å². The average Bonchev–Trinajstić information content (AvgIpc) is 2.98. The molecule has 0 aliphatic carbocycles. The molecule has 0 atom stereocenters. The summed E-state index contributed by atoms with van der Waals surface area (Å²) < 4.78 is 9.47. The summed E-state index contributed by atoms with van der Waals surface area (Å²) in [5.41, 5.74) is 0.262. The maximum absolute atomic E-state index is 12.0. The molecule has 104 valence electrons. The smallest absolute Gasteiger partial charge is 0.276 e. The van der Waals surface area contributed by atoms with Crippen LogP contribution in [-0.2, 0) is 4.79 Å². The molecule has 0 unspecified atom stereocenters. The molecule has 1 N–H and O–H groups in total. The summed E-state index contributed by atoms with van der Waals surface area (Å²) >= 11 is 0. The molecule has 2 aromatic heterocycles. The number of aromatic nitrogens is 2. The Morgan fingerprint density at radius 3 is 2.80 bits per heavy atom. The molecule has 3 rings (SSSR count). The zero-order valence-corrected chi connectivity index (χ0v) is 10.7. The normalized spacial score (nSPS) is 14.9. The van der Waals surface area contributed by atoms with Crippen molar-refractivity contribution < 1.29 is 18.6 Å². The van der Waals surface area contributed by atoms with Gasteiger partial charge in [0.05, 0.1) is 5.92 Å². The molecule has 1 fully saturated rings. The van der Waals surface area contributed by atoms with Crippen LogP contribution in [0.3, 0.4) is 0 Å². The van der Waals surface area contributed by atoms with Crippen LogP contribution < -0.4 is 5.32 Å². The minimum Gasteiger partial charge on any atom is -0.363 e. The first-order valence-electron chi connectivity index (χ1n) is 6.07. The van der Waals surface area contributed by atoms with Gasteiger partial charge in [-0.3, -0.25) is 9.59 Å². The fraction of sp³-hybridized carbons (Fsp3) is 0.333. The Kier molecular flexibility index (Phi) is 2.97. The second-order valence-corrected chi connectivity index (χ2v) is 4.60. The summed E-state index contributed by atoms with van der Waals surface area (Å²) in [4.78, 5) is 25.4. The van der Waals surface area contributed by atoms with Crippen LogP contribution in [0.2, 0.25) is 0 Å². The molecular formula is C12H12N4O4. The number of nitrogens with zero attached hydrogens (tertiary/aromatic N) is 3. The van der Waals surface area contributed by atoms with Gasteiger partial charge >= 0.3 is 0 Å². The van der Waals surface area contributed by atoms with Crippen LogP contribution in [0.25, 0.3) is 0 Å². The van der Waals surface area contributed by atoms with Gasteiger partial charge in [0.15, 0.2) is 11.5 Å². The lowest BCUT2D eigenvalue weighted by molar-refractivity contribution is -0.123. The molecule has 1 aliphatic rings. The topological polar surface area (TPSA) is 101 Å². The van der Waals surface area contributed by atoms with Gasteiger partial charge in [-0.05, 0) is 6.92 Å². The van der Waals surface area contributed by atoms with E-state index in [-0.39, 0.29) is 23.4 Å². The lowest BCUT2D eigenvalue weighted by Gasteiger charge is -2.37. The minimum absolute atomic E-state index is 0.181. The van der Waals surface area contributed by atoms with E-state index in [0.717, 1.165) is 0 Å². The van der Waals surface area contributed by atoms with Crippen molar-refractivity contribution in [1.29, 1.82) is 0 Å². The number of likely N-dealkylation sites (tertiary alicyclic amines) is 1. The summed E-state index contributed by atoms with van der Waals surface area (Å²) in [6.45, 7) is 2.43. The Bertz CT molecular complexity index is 628. The Labute approximate surface area is 113 Å². The molecule has 3 heterocycles. The highest BCUT2D eigenvalue weighted by Crippen LogP contribution is 2.20. The van der Waals surface area contributed by atoms with Crippen LogP contribution in [0, 0.1) is 12.8 Å². The first-order valence-corrected chi connectivity index (χ1v) is 6.07. The van der Waals surface area contributed by atoms with E-state index in [1.165, 1.54) is 6.26 Å². The molecule has 1 saturated heterocycles. The Morgan fingerprint density at radius 2 is 2.20 bits per heavy atom. The van der Waals surface area contributed by atoms with Gasteiger partial charge in [0.2, 0.25) is 5.91 Å². The second kappa shape index (κ2) is 4.80. The molecule has 0 bridgehead atoms. The largest absolute Gasteiger partial charge is 0.363 e. The molecule has 20 heavy (non-hydrogen) atoms. The van der Waals surface area contributed by atoms with Gasteiger partial charge in [-0.15, -0.1) is 0 Å². The predicted octanol–water partition coefficient (Wildman–Crippen LogP) is 0.682. The van der Waals surface area contributed by atoms with E-state index in [4.69, 9.17) is 4.52 Å². The van der Waals surface area contributed by atoms with E-state index in [9.17, 15) is 9.59 Å². The molecule has 1 aliphatic heterocycles. The van der Waals surface area contributed by atoms with Gasteiger partial charge in [0, 0.05) is 25.2 Å². The van der Waals surface area contributed by atoms with Crippen molar-refractivity contribution in [3.63, 3.8) is 0 Å². The molecule has 0 radical (unpaired) electrons. The molecule has 0 spiro atoms. The van der Waals surface area contributed by atoms with Gasteiger partial charge < -0.3 is 19.3 Å². The van der Waals surface area contributed by atoms with E-state index < -0.39 is 0 Å². The number of hydrogen-bond acceptors (Lipinski definition) is 6. The van der Waals surface area contributed by atoms with Crippen LogP contribution in [0.15, 0.2) is 27.4 Å². The highest BCUT2D eigenvalue weighted by molar-refractivity contribution is 5.97. The van der Waals surface area contributed by atoms with Crippen molar-refractivity contribution in [2.45, 2.75) is 6.92 Å². The Hall–Kier alpha value is -2.64. The standard InChI is InChI=1S/C12H12N4O4/c1-7-4-9(14-20-7)12(18)16-5-8(6-16)11(17)13-10-2-3-19-15-10/h2-4,8H,5-6H2,1H3,(H,13,15,17). The van der Waals surface area contributed by atoms with Crippen molar-refractivity contribution in [3.8, 4) is 0 Å². The third-order valence-electron chi connectivity index (χ3n) is 3.08. The molecule has 2 aromatic rings. The summed E-state index contributed by atoms with van der Waals surface area (Å²) in [6.07, 6.45) is 1.37. The van der Waals surface area contributed by atoms with Crippen LogP contribution in [-0.4, -0.2) is 40.1 Å². The third-order valence-corrected chi connectivity index (χ3v) is 3.08. The van der Waals surface area contributed by atoms with E-state index in [1.807, 2.05) is 0 Å². The molecule has 2 amide bonds. The number of carbonyl (C=O) groups excluding carboxylic acids is 2. The SMILES string of the molecule is Cc1cc(C(=O)N2CC(C(=O)Nc3ccon3)C2)no1. The number of rotatable bonds is 3. The highest BCUT2D eigenvalue weighted by Gasteiger charge is 2.37. The number of carbonyl (C=O) groups is 2. The summed E-state index contributed by atoms with van der Waals surface area (Å²) in [5.74, 6) is 0.288. The van der Waals surface area contributed by atoms with Crippen molar-refractivity contribution in [2.24, 2.45) is 5.92 Å². The zero-order chi connectivity index (χ0) is 14.1. The molecule has 0 saturated carbocycles. The van der Waals surface area contributed by atoms with Gasteiger partial charge in [0.25, 0.3) is 5.91 Å². The van der Waals surface area contributed by atoms with Gasteiger partial charge in [-0.1, -0.05) is 10.3 Å². The highest BCUT2D eigenvalue weighted by atomic mass is 16.5. The first-order chi connectivity index (χ1) is 9.63. The van der Waals surface area contributed by atoms with E-state index in [1.54, 1.807) is 24.0 Å². The Morgan fingerprint density at radius 1 is 1.40 bits per heavy atom. The van der Waals surface area contributed by atoms with Gasteiger partial charge in [0.1, 0.15) is 12.0 Å². The van der Waals surface area contributed by atoms with Crippen LogP contribution in [0.4, 0.5) is 5.82 Å². The monoisotopic (exact) mass is 276 g/mol. The van der Waals surface area contributed by atoms with E-state index in [0.29, 0.717) is 24.7 Å². The first kappa shape index (κ1) is 12.4. The maximum atomic E-state index is 12.0. The maximum Gasteiger partial charge on any atom is 0.276 e. The number of nitrogens with one attached hydrogen (secondary N) is 1. The summed E-state index contributed by atoms with van der Waals surface area (Å²) in [7, 11) is 0. The van der Waals surface area contributed by atoms with E-state index in [2.05, 4.69) is 20.2 Å². The fourth-order valence-electron chi connectivity index (χ4n) is 1.94. The van der Waals surface area contributed by atoms with Crippen LogP contribution in [0.5, 0.6) is 0 Å². The summed E-state index contributed by atoms with van der Waals surface area (Å²) in [5, 5.41) is 9.86. The quantitative estimate of drug-likeness (QED) is 0.884. The number of amides is 2. The van der Waals surface area contributed by atoms with Crippen molar-refractivity contribution in [3.05, 3.63) is 29.9 Å². The molecule has 0 aromatic carbocycles. The van der Waals surface area contributed by atoms with Crippen LogP contribution >= 0.6 is 0 Å². The van der Waals surface area contributed by atoms with E-state index >= 15 is 0 Å². The van der Waals surface area contributed by atoms with Gasteiger partial charge in [-0.25, -0.2) is 0 Å². The lowest BCUT2D eigenvalue weighted by Crippen LogP contribution is -2.54. The second-order valence-electron chi connectivity index (χ2n) is 4.60. The molecule has 8 heteroatoms.